The largest absolute Gasteiger partial charge is 0.447 e. The van der Waals surface area contributed by atoms with Crippen LogP contribution in [0.4, 0.5) is 4.79 Å². The van der Waals surface area contributed by atoms with Gasteiger partial charge in [0.2, 0.25) is 5.91 Å². The van der Waals surface area contributed by atoms with Gasteiger partial charge in [-0.25, -0.2) is 4.79 Å². The van der Waals surface area contributed by atoms with Gasteiger partial charge in [-0.1, -0.05) is 13.8 Å². The van der Waals surface area contributed by atoms with E-state index in [9.17, 15) is 9.59 Å². The smallest absolute Gasteiger partial charge is 0.410 e. The summed E-state index contributed by atoms with van der Waals surface area (Å²) in [6.45, 7) is 4.67. The maximum atomic E-state index is 11.5. The fourth-order valence-electron chi connectivity index (χ4n) is 1.22. The first kappa shape index (κ1) is 15.7. The summed E-state index contributed by atoms with van der Waals surface area (Å²) in [7, 11) is 0. The molecule has 0 aliphatic carbocycles. The molecule has 0 unspecified atom stereocenters. The second-order valence-electron chi connectivity index (χ2n) is 3.61. The zero-order valence-corrected chi connectivity index (χ0v) is 10.6. The summed E-state index contributed by atoms with van der Waals surface area (Å²) in [5, 5.41) is 11.2. The molecule has 17 heavy (non-hydrogen) atoms. The zero-order valence-electron chi connectivity index (χ0n) is 10.6. The van der Waals surface area contributed by atoms with Gasteiger partial charge in [0.1, 0.15) is 13.2 Å². The summed E-state index contributed by atoms with van der Waals surface area (Å²) in [6.07, 6.45) is 1.04. The first-order valence-corrected chi connectivity index (χ1v) is 5.94. The van der Waals surface area contributed by atoms with Crippen LogP contribution in [0.15, 0.2) is 0 Å². The topological polar surface area (TPSA) is 78.9 Å². The van der Waals surface area contributed by atoms with Crippen molar-refractivity contribution in [2.45, 2.75) is 26.7 Å². The van der Waals surface area contributed by atoms with Crippen LogP contribution in [-0.4, -0.2) is 54.9 Å². The average Bonchev–Trinajstić information content (AvgIpc) is 2.32. The lowest BCUT2D eigenvalue weighted by Gasteiger charge is -2.20. The number of rotatable bonds is 8. The first-order chi connectivity index (χ1) is 8.15. The summed E-state index contributed by atoms with van der Waals surface area (Å²) >= 11 is 0. The van der Waals surface area contributed by atoms with Crippen LogP contribution in [0.1, 0.15) is 26.7 Å². The number of amides is 2. The molecular formula is C11H22N2O4. The molecule has 0 radical (unpaired) electrons. The van der Waals surface area contributed by atoms with Crippen LogP contribution in [0, 0.1) is 0 Å². The number of aliphatic hydroxyl groups excluding tert-OH is 1. The standard InChI is InChI=1S/C11H22N2O4/c1-3-5-12-10(15)9-13(6-4-2)11(16)17-8-7-14/h14H,3-9H2,1-2H3,(H,12,15). The average molecular weight is 246 g/mol. The minimum absolute atomic E-state index is 0.00188. The van der Waals surface area contributed by atoms with Crippen LogP contribution >= 0.6 is 0 Å². The van der Waals surface area contributed by atoms with Crippen LogP contribution in [0.2, 0.25) is 0 Å². The Hall–Kier alpha value is -1.30. The SMILES string of the molecule is CCCNC(=O)CN(CCC)C(=O)OCCO. The highest BCUT2D eigenvalue weighted by molar-refractivity contribution is 5.82. The predicted molar refractivity (Wildman–Crippen MR) is 63.6 cm³/mol. The van der Waals surface area contributed by atoms with E-state index in [-0.39, 0.29) is 25.7 Å². The van der Waals surface area contributed by atoms with E-state index in [0.29, 0.717) is 13.1 Å². The second kappa shape index (κ2) is 9.89. The molecule has 0 aromatic carbocycles. The monoisotopic (exact) mass is 246 g/mol. The Kier molecular flexibility index (Phi) is 9.14. The van der Waals surface area contributed by atoms with Crippen LogP contribution in [0.25, 0.3) is 0 Å². The van der Waals surface area contributed by atoms with Gasteiger partial charge in [-0.3, -0.25) is 9.69 Å². The number of nitrogens with one attached hydrogen (secondary N) is 1. The van der Waals surface area contributed by atoms with Gasteiger partial charge in [0.25, 0.3) is 0 Å². The molecule has 0 aliphatic rings. The highest BCUT2D eigenvalue weighted by Crippen LogP contribution is 1.96. The van der Waals surface area contributed by atoms with Crippen molar-refractivity contribution in [3.05, 3.63) is 0 Å². The maximum absolute atomic E-state index is 11.5. The number of aliphatic hydroxyl groups is 1. The quantitative estimate of drug-likeness (QED) is 0.648. The lowest BCUT2D eigenvalue weighted by molar-refractivity contribution is -0.122. The van der Waals surface area contributed by atoms with Gasteiger partial charge in [0.15, 0.2) is 0 Å². The third kappa shape index (κ3) is 7.57. The molecule has 2 N–H and O–H groups in total. The minimum Gasteiger partial charge on any atom is -0.447 e. The van der Waals surface area contributed by atoms with Crippen molar-refractivity contribution in [1.82, 2.24) is 10.2 Å². The Morgan fingerprint density at radius 3 is 2.53 bits per heavy atom. The molecule has 0 aliphatic heterocycles. The molecule has 6 heteroatoms. The second-order valence-corrected chi connectivity index (χ2v) is 3.61. The van der Waals surface area contributed by atoms with Crippen molar-refractivity contribution in [1.29, 1.82) is 0 Å². The number of carbonyl (C=O) groups is 2. The first-order valence-electron chi connectivity index (χ1n) is 5.94. The summed E-state index contributed by atoms with van der Waals surface area (Å²) in [5.74, 6) is -0.193. The van der Waals surface area contributed by atoms with Crippen LogP contribution in [0.5, 0.6) is 0 Å². The molecule has 0 rings (SSSR count). The molecule has 0 bridgehead atoms. The molecule has 0 saturated carbocycles. The normalized spacial score (nSPS) is 9.82. The van der Waals surface area contributed by atoms with Crippen molar-refractivity contribution >= 4 is 12.0 Å². The molecule has 2 amide bonds. The van der Waals surface area contributed by atoms with E-state index in [1.54, 1.807) is 0 Å². The molecule has 0 heterocycles. The minimum atomic E-state index is -0.562. The maximum Gasteiger partial charge on any atom is 0.410 e. The summed E-state index contributed by atoms with van der Waals surface area (Å²) in [5.41, 5.74) is 0. The molecule has 100 valence electrons. The van der Waals surface area contributed by atoms with Crippen molar-refractivity contribution in [3.63, 3.8) is 0 Å². The van der Waals surface area contributed by atoms with Gasteiger partial charge in [-0.2, -0.15) is 0 Å². The van der Waals surface area contributed by atoms with Gasteiger partial charge in [0, 0.05) is 13.1 Å². The Morgan fingerprint density at radius 2 is 2.00 bits per heavy atom. The number of hydrogen-bond donors (Lipinski definition) is 2. The zero-order chi connectivity index (χ0) is 13.1. The Bertz CT molecular complexity index is 234. The highest BCUT2D eigenvalue weighted by Gasteiger charge is 2.17. The van der Waals surface area contributed by atoms with Gasteiger partial charge in [-0.15, -0.1) is 0 Å². The number of ether oxygens (including phenoxy) is 1. The lowest BCUT2D eigenvalue weighted by Crippen LogP contribution is -2.41. The van der Waals surface area contributed by atoms with E-state index < -0.39 is 6.09 Å². The molecule has 0 aromatic heterocycles. The number of carbonyl (C=O) groups excluding carboxylic acids is 2. The Morgan fingerprint density at radius 1 is 1.29 bits per heavy atom. The van der Waals surface area contributed by atoms with Crippen molar-refractivity contribution in [2.24, 2.45) is 0 Å². The van der Waals surface area contributed by atoms with Gasteiger partial charge in [-0.05, 0) is 12.8 Å². The van der Waals surface area contributed by atoms with Gasteiger partial charge >= 0.3 is 6.09 Å². The van der Waals surface area contributed by atoms with Crippen molar-refractivity contribution in [2.75, 3.05) is 32.8 Å². The van der Waals surface area contributed by atoms with Crippen molar-refractivity contribution in [3.8, 4) is 0 Å². The summed E-state index contributed by atoms with van der Waals surface area (Å²) < 4.78 is 4.77. The summed E-state index contributed by atoms with van der Waals surface area (Å²) in [4.78, 5) is 24.3. The molecule has 0 atom stereocenters. The third-order valence-electron chi connectivity index (χ3n) is 1.98. The highest BCUT2D eigenvalue weighted by atomic mass is 16.6. The van der Waals surface area contributed by atoms with E-state index in [1.807, 2.05) is 13.8 Å². The molecular weight excluding hydrogens is 224 g/mol. The van der Waals surface area contributed by atoms with Crippen LogP contribution in [0.3, 0.4) is 0 Å². The number of hydrogen-bond acceptors (Lipinski definition) is 4. The molecule has 6 nitrogen and oxygen atoms in total. The van der Waals surface area contributed by atoms with E-state index in [2.05, 4.69) is 5.32 Å². The van der Waals surface area contributed by atoms with Crippen molar-refractivity contribution < 1.29 is 19.4 Å². The van der Waals surface area contributed by atoms with E-state index >= 15 is 0 Å². The molecule has 0 saturated heterocycles. The Balaban J connectivity index is 4.12. The molecule has 0 aromatic rings. The van der Waals surface area contributed by atoms with Crippen LogP contribution in [-0.2, 0) is 9.53 Å². The number of nitrogens with zero attached hydrogens (tertiary/aromatic N) is 1. The van der Waals surface area contributed by atoms with E-state index in [1.165, 1.54) is 4.90 Å². The fourth-order valence-corrected chi connectivity index (χ4v) is 1.22. The van der Waals surface area contributed by atoms with E-state index in [0.717, 1.165) is 12.8 Å². The summed E-state index contributed by atoms with van der Waals surface area (Å²) in [6, 6.07) is 0. The Labute approximate surface area is 102 Å². The van der Waals surface area contributed by atoms with Gasteiger partial charge < -0.3 is 15.2 Å². The predicted octanol–water partition coefficient (Wildman–Crippen LogP) is 0.353. The lowest BCUT2D eigenvalue weighted by atomic mass is 10.4. The van der Waals surface area contributed by atoms with Crippen LogP contribution < -0.4 is 5.32 Å². The fraction of sp³-hybridized carbons (Fsp3) is 0.818. The molecule has 0 fully saturated rings. The third-order valence-corrected chi connectivity index (χ3v) is 1.98. The molecule has 0 spiro atoms. The van der Waals surface area contributed by atoms with Gasteiger partial charge in [0.05, 0.1) is 6.61 Å². The van der Waals surface area contributed by atoms with E-state index in [4.69, 9.17) is 9.84 Å².